The fourth-order valence-corrected chi connectivity index (χ4v) is 2.65. The molecule has 1 aliphatic heterocycles. The van der Waals surface area contributed by atoms with Crippen molar-refractivity contribution in [3.63, 3.8) is 0 Å². The molecule has 0 saturated carbocycles. The molecule has 0 spiro atoms. The number of hydrogen-bond acceptors (Lipinski definition) is 7. The Morgan fingerprint density at radius 3 is 2.81 bits per heavy atom. The zero-order valence-corrected chi connectivity index (χ0v) is 14.1. The Bertz CT molecular complexity index is 744. The van der Waals surface area contributed by atoms with Crippen LogP contribution in [0.5, 0.6) is 0 Å². The molecule has 0 aliphatic carbocycles. The predicted molar refractivity (Wildman–Crippen MR) is 88.7 cm³/mol. The van der Waals surface area contributed by atoms with E-state index in [9.17, 15) is 9.59 Å². The van der Waals surface area contributed by atoms with Crippen molar-refractivity contribution >= 4 is 11.9 Å². The number of nitrogens with one attached hydrogen (secondary N) is 1. The summed E-state index contributed by atoms with van der Waals surface area (Å²) in [6.45, 7) is 1.61. The SMILES string of the molecule is NC(=O)c1noc(CNC(=O)N(Cc2ccncc2)CC2CCCO2)n1. The van der Waals surface area contributed by atoms with Crippen LogP contribution in [0, 0.1) is 0 Å². The highest BCUT2D eigenvalue weighted by molar-refractivity contribution is 5.88. The molecular formula is C16H20N6O4. The van der Waals surface area contributed by atoms with Gasteiger partial charge in [-0.15, -0.1) is 0 Å². The van der Waals surface area contributed by atoms with Gasteiger partial charge in [-0.2, -0.15) is 4.98 Å². The van der Waals surface area contributed by atoms with Gasteiger partial charge in [0.05, 0.1) is 12.6 Å². The van der Waals surface area contributed by atoms with Crippen LogP contribution in [0.25, 0.3) is 0 Å². The highest BCUT2D eigenvalue weighted by Crippen LogP contribution is 2.15. The second kappa shape index (κ2) is 8.39. The molecular weight excluding hydrogens is 340 g/mol. The first-order valence-electron chi connectivity index (χ1n) is 8.27. The molecule has 10 heteroatoms. The van der Waals surface area contributed by atoms with E-state index in [0.717, 1.165) is 18.4 Å². The molecule has 3 N–H and O–H groups in total. The van der Waals surface area contributed by atoms with Crippen LogP contribution in [0.4, 0.5) is 4.79 Å². The molecule has 26 heavy (non-hydrogen) atoms. The first-order chi connectivity index (χ1) is 12.6. The van der Waals surface area contributed by atoms with E-state index >= 15 is 0 Å². The average Bonchev–Trinajstić information content (AvgIpc) is 3.32. The number of nitrogens with zero attached hydrogens (tertiary/aromatic N) is 4. The molecule has 3 amide bonds. The van der Waals surface area contributed by atoms with Crippen LogP contribution >= 0.6 is 0 Å². The lowest BCUT2D eigenvalue weighted by Gasteiger charge is -2.25. The number of aromatic nitrogens is 3. The number of urea groups is 1. The maximum atomic E-state index is 12.6. The van der Waals surface area contributed by atoms with Crippen LogP contribution in [0.2, 0.25) is 0 Å². The fraction of sp³-hybridized carbons (Fsp3) is 0.438. The second-order valence-electron chi connectivity index (χ2n) is 5.91. The van der Waals surface area contributed by atoms with E-state index in [2.05, 4.69) is 20.4 Å². The Balaban J connectivity index is 1.61. The van der Waals surface area contributed by atoms with Crippen LogP contribution in [0.3, 0.4) is 0 Å². The van der Waals surface area contributed by atoms with E-state index < -0.39 is 5.91 Å². The molecule has 0 radical (unpaired) electrons. The van der Waals surface area contributed by atoms with Crippen molar-refractivity contribution in [2.24, 2.45) is 5.73 Å². The van der Waals surface area contributed by atoms with Crippen molar-refractivity contribution in [3.05, 3.63) is 41.8 Å². The summed E-state index contributed by atoms with van der Waals surface area (Å²) in [4.78, 5) is 33.0. The molecule has 1 aliphatic rings. The van der Waals surface area contributed by atoms with Crippen molar-refractivity contribution in [3.8, 4) is 0 Å². The average molecular weight is 360 g/mol. The van der Waals surface area contributed by atoms with Gasteiger partial charge in [-0.25, -0.2) is 4.79 Å². The van der Waals surface area contributed by atoms with Crippen LogP contribution in [0.15, 0.2) is 29.0 Å². The summed E-state index contributed by atoms with van der Waals surface area (Å²) in [7, 11) is 0. The van der Waals surface area contributed by atoms with Gasteiger partial charge in [0, 0.05) is 32.1 Å². The number of hydrogen-bond donors (Lipinski definition) is 2. The highest BCUT2D eigenvalue weighted by atomic mass is 16.5. The third-order valence-electron chi connectivity index (χ3n) is 3.94. The van der Waals surface area contributed by atoms with Gasteiger partial charge < -0.3 is 25.2 Å². The van der Waals surface area contributed by atoms with E-state index in [0.29, 0.717) is 19.7 Å². The normalized spacial score (nSPS) is 16.4. The van der Waals surface area contributed by atoms with Gasteiger partial charge in [-0.3, -0.25) is 9.78 Å². The fourth-order valence-electron chi connectivity index (χ4n) is 2.65. The van der Waals surface area contributed by atoms with Crippen molar-refractivity contribution in [2.45, 2.75) is 32.0 Å². The Hall–Kier alpha value is -3.01. The van der Waals surface area contributed by atoms with E-state index in [1.165, 1.54) is 0 Å². The molecule has 1 unspecified atom stereocenters. The molecule has 1 fully saturated rings. The van der Waals surface area contributed by atoms with Gasteiger partial charge in [0.15, 0.2) is 0 Å². The number of rotatable bonds is 7. The first-order valence-corrected chi connectivity index (χ1v) is 8.27. The lowest BCUT2D eigenvalue weighted by molar-refractivity contribution is 0.0792. The molecule has 2 aromatic heterocycles. The lowest BCUT2D eigenvalue weighted by Crippen LogP contribution is -2.43. The van der Waals surface area contributed by atoms with Crippen molar-refractivity contribution in [1.82, 2.24) is 25.3 Å². The Labute approximate surface area is 149 Å². The number of carbonyl (C=O) groups excluding carboxylic acids is 2. The molecule has 10 nitrogen and oxygen atoms in total. The maximum Gasteiger partial charge on any atom is 0.318 e. The number of pyridine rings is 1. The van der Waals surface area contributed by atoms with E-state index in [4.69, 9.17) is 15.0 Å². The maximum absolute atomic E-state index is 12.6. The minimum Gasteiger partial charge on any atom is -0.376 e. The van der Waals surface area contributed by atoms with Crippen molar-refractivity contribution < 1.29 is 18.8 Å². The number of amides is 3. The Morgan fingerprint density at radius 1 is 1.35 bits per heavy atom. The van der Waals surface area contributed by atoms with Gasteiger partial charge in [-0.05, 0) is 30.5 Å². The summed E-state index contributed by atoms with van der Waals surface area (Å²) in [5.74, 6) is -0.903. The number of primary amides is 1. The Morgan fingerprint density at radius 2 is 2.15 bits per heavy atom. The molecule has 0 bridgehead atoms. The summed E-state index contributed by atoms with van der Waals surface area (Å²) in [6.07, 6.45) is 5.30. The van der Waals surface area contributed by atoms with Gasteiger partial charge in [0.25, 0.3) is 11.7 Å². The van der Waals surface area contributed by atoms with Gasteiger partial charge in [0.2, 0.25) is 5.89 Å². The quantitative estimate of drug-likeness (QED) is 0.731. The number of nitrogens with two attached hydrogens (primary N) is 1. The number of ether oxygens (including phenoxy) is 1. The summed E-state index contributed by atoms with van der Waals surface area (Å²) in [5.41, 5.74) is 6.03. The molecule has 138 valence electrons. The largest absolute Gasteiger partial charge is 0.376 e. The van der Waals surface area contributed by atoms with E-state index in [1.807, 2.05) is 12.1 Å². The zero-order valence-electron chi connectivity index (χ0n) is 14.1. The smallest absolute Gasteiger partial charge is 0.318 e. The topological polar surface area (TPSA) is 136 Å². The second-order valence-corrected chi connectivity index (χ2v) is 5.91. The minimum atomic E-state index is -0.788. The van der Waals surface area contributed by atoms with Crippen LogP contribution in [0.1, 0.15) is 34.9 Å². The zero-order chi connectivity index (χ0) is 18.4. The van der Waals surface area contributed by atoms with Crippen molar-refractivity contribution in [2.75, 3.05) is 13.2 Å². The van der Waals surface area contributed by atoms with E-state index in [1.54, 1.807) is 17.3 Å². The van der Waals surface area contributed by atoms with Gasteiger partial charge in [-0.1, -0.05) is 5.16 Å². The molecule has 2 aromatic rings. The minimum absolute atomic E-state index is 0.00250. The molecule has 3 rings (SSSR count). The molecule has 3 heterocycles. The lowest BCUT2D eigenvalue weighted by atomic mass is 10.2. The summed E-state index contributed by atoms with van der Waals surface area (Å²) >= 11 is 0. The van der Waals surface area contributed by atoms with E-state index in [-0.39, 0.29) is 30.4 Å². The summed E-state index contributed by atoms with van der Waals surface area (Å²) in [5, 5.41) is 6.15. The van der Waals surface area contributed by atoms with Crippen LogP contribution in [-0.4, -0.2) is 51.2 Å². The van der Waals surface area contributed by atoms with Gasteiger partial charge >= 0.3 is 6.03 Å². The van der Waals surface area contributed by atoms with Crippen LogP contribution in [-0.2, 0) is 17.8 Å². The molecule has 0 aromatic carbocycles. The molecule has 1 atom stereocenters. The van der Waals surface area contributed by atoms with Crippen molar-refractivity contribution in [1.29, 1.82) is 0 Å². The number of carbonyl (C=O) groups is 2. The van der Waals surface area contributed by atoms with Crippen LogP contribution < -0.4 is 11.1 Å². The third kappa shape index (κ3) is 4.76. The molecule has 1 saturated heterocycles. The Kier molecular flexibility index (Phi) is 5.74. The third-order valence-corrected chi connectivity index (χ3v) is 3.94. The first kappa shape index (κ1) is 17.8. The summed E-state index contributed by atoms with van der Waals surface area (Å²) in [6, 6.07) is 3.41. The predicted octanol–water partition coefficient (Wildman–Crippen LogP) is 0.454. The monoisotopic (exact) mass is 360 g/mol. The summed E-state index contributed by atoms with van der Waals surface area (Å²) < 4.78 is 10.5. The standard InChI is InChI=1S/C16H20N6O4/c17-14(23)15-20-13(26-21-15)8-19-16(24)22(10-12-2-1-7-25-12)9-11-3-5-18-6-4-11/h3-6,12H,1-2,7-10H2,(H2,17,23)(H,19,24). The highest BCUT2D eigenvalue weighted by Gasteiger charge is 2.23. The van der Waals surface area contributed by atoms with Gasteiger partial charge in [0.1, 0.15) is 0 Å².